The molecule has 1 heterocycles. The first kappa shape index (κ1) is 17.6. The van der Waals surface area contributed by atoms with Crippen molar-refractivity contribution in [1.82, 2.24) is 9.97 Å². The molecule has 0 saturated carbocycles. The van der Waals surface area contributed by atoms with Crippen LogP contribution in [0.4, 0.5) is 11.5 Å². The summed E-state index contributed by atoms with van der Waals surface area (Å²) in [7, 11) is -3.53. The summed E-state index contributed by atoms with van der Waals surface area (Å²) in [5, 5.41) is 0.713. The van der Waals surface area contributed by atoms with Gasteiger partial charge < -0.3 is 10.5 Å². The Kier molecular flexibility index (Phi) is 4.72. The van der Waals surface area contributed by atoms with Crippen LogP contribution in [0.1, 0.15) is 16.2 Å². The van der Waals surface area contributed by atoms with Gasteiger partial charge in [0, 0.05) is 5.39 Å². The molecule has 0 aliphatic rings. The Labute approximate surface area is 150 Å². The van der Waals surface area contributed by atoms with Crippen LogP contribution in [0.2, 0.25) is 0 Å². The lowest BCUT2D eigenvalue weighted by molar-refractivity contribution is 0.0464. The van der Waals surface area contributed by atoms with Gasteiger partial charge >= 0.3 is 5.97 Å². The highest BCUT2D eigenvalue weighted by atomic mass is 32.2. The number of para-hydroxylation sites is 2. The normalized spacial score (nSPS) is 11.3. The van der Waals surface area contributed by atoms with E-state index >= 15 is 0 Å². The number of nitrogens with two attached hydrogens (primary N) is 1. The summed E-state index contributed by atoms with van der Waals surface area (Å²) in [5.41, 5.74) is 6.77. The predicted molar refractivity (Wildman–Crippen MR) is 98.0 cm³/mol. The van der Waals surface area contributed by atoms with Gasteiger partial charge in [-0.3, -0.25) is 4.72 Å². The maximum Gasteiger partial charge on any atom is 0.340 e. The smallest absolute Gasteiger partial charge is 0.340 e. The van der Waals surface area contributed by atoms with Crippen LogP contribution < -0.4 is 10.5 Å². The Balaban J connectivity index is 1.80. The number of esters is 1. The number of sulfonamides is 1. The first-order valence-corrected chi connectivity index (χ1v) is 9.48. The van der Waals surface area contributed by atoms with Gasteiger partial charge in [0.1, 0.15) is 5.82 Å². The lowest BCUT2D eigenvalue weighted by Crippen LogP contribution is -2.15. The quantitative estimate of drug-likeness (QED) is 0.656. The minimum absolute atomic E-state index is 0.0895. The fourth-order valence-electron chi connectivity index (χ4n) is 2.37. The molecule has 26 heavy (non-hydrogen) atoms. The Morgan fingerprint density at radius 2 is 1.81 bits per heavy atom. The monoisotopic (exact) mass is 372 g/mol. The number of carbonyl (C=O) groups excluding carboxylic acids is 1. The highest BCUT2D eigenvalue weighted by Crippen LogP contribution is 2.19. The van der Waals surface area contributed by atoms with Gasteiger partial charge in [-0.15, -0.1) is 0 Å². The minimum Gasteiger partial charge on any atom is -0.454 e. The van der Waals surface area contributed by atoms with Crippen molar-refractivity contribution in [2.24, 2.45) is 0 Å². The lowest BCUT2D eigenvalue weighted by atomic mass is 10.2. The van der Waals surface area contributed by atoms with E-state index in [0.717, 1.165) is 6.26 Å². The van der Waals surface area contributed by atoms with E-state index in [2.05, 4.69) is 14.7 Å². The molecule has 0 amide bonds. The number of nitrogens with one attached hydrogen (secondary N) is 1. The Morgan fingerprint density at radius 3 is 2.58 bits per heavy atom. The average Bonchev–Trinajstić information content (AvgIpc) is 2.59. The van der Waals surface area contributed by atoms with E-state index in [0.29, 0.717) is 16.7 Å². The topological polar surface area (TPSA) is 124 Å². The third kappa shape index (κ3) is 4.06. The van der Waals surface area contributed by atoms with E-state index < -0.39 is 16.0 Å². The largest absolute Gasteiger partial charge is 0.454 e. The molecule has 2 aromatic carbocycles. The second-order valence-electron chi connectivity index (χ2n) is 5.54. The van der Waals surface area contributed by atoms with Crippen molar-refractivity contribution < 1.29 is 17.9 Å². The number of rotatable bonds is 5. The molecule has 3 aromatic rings. The first-order valence-electron chi connectivity index (χ1n) is 7.58. The summed E-state index contributed by atoms with van der Waals surface area (Å²) in [4.78, 5) is 20.8. The fraction of sp³-hybridized carbons (Fsp3) is 0.118. The zero-order valence-electron chi connectivity index (χ0n) is 13.8. The van der Waals surface area contributed by atoms with E-state index in [-0.39, 0.29) is 23.7 Å². The van der Waals surface area contributed by atoms with Gasteiger partial charge in [-0.2, -0.15) is 0 Å². The van der Waals surface area contributed by atoms with Crippen LogP contribution >= 0.6 is 0 Å². The van der Waals surface area contributed by atoms with Crippen LogP contribution in [0.3, 0.4) is 0 Å². The van der Waals surface area contributed by atoms with Gasteiger partial charge in [0.25, 0.3) is 0 Å². The van der Waals surface area contributed by atoms with Gasteiger partial charge in [0.05, 0.1) is 23.0 Å². The SMILES string of the molecule is CS(=O)(=O)Nc1ccccc1C(=O)OCc1nc(N)c2ccccc2n1. The second-order valence-corrected chi connectivity index (χ2v) is 7.29. The van der Waals surface area contributed by atoms with Crippen molar-refractivity contribution in [2.75, 3.05) is 16.7 Å². The fourth-order valence-corrected chi connectivity index (χ4v) is 2.95. The maximum atomic E-state index is 12.3. The molecule has 0 bridgehead atoms. The van der Waals surface area contributed by atoms with Crippen LogP contribution in [-0.2, 0) is 21.4 Å². The number of hydrogen-bond acceptors (Lipinski definition) is 7. The molecule has 134 valence electrons. The molecular formula is C17H16N4O4S. The molecule has 0 radical (unpaired) electrons. The molecule has 9 heteroatoms. The number of fused-ring (bicyclic) bond motifs is 1. The molecule has 1 aromatic heterocycles. The van der Waals surface area contributed by atoms with E-state index in [1.54, 1.807) is 24.3 Å². The summed E-state index contributed by atoms with van der Waals surface area (Å²) in [6.07, 6.45) is 1.00. The second kappa shape index (κ2) is 6.96. The molecular weight excluding hydrogens is 356 g/mol. The van der Waals surface area contributed by atoms with Crippen LogP contribution in [0.15, 0.2) is 48.5 Å². The Hall–Kier alpha value is -3.20. The summed E-state index contributed by atoms with van der Waals surface area (Å²) in [6.45, 7) is -0.193. The Bertz CT molecular complexity index is 1080. The predicted octanol–water partition coefficient (Wildman–Crippen LogP) is 1.94. The zero-order valence-corrected chi connectivity index (χ0v) is 14.7. The highest BCUT2D eigenvalue weighted by Gasteiger charge is 2.16. The minimum atomic E-state index is -3.53. The summed E-state index contributed by atoms with van der Waals surface area (Å²) < 4.78 is 30.3. The number of benzene rings is 2. The number of hydrogen-bond donors (Lipinski definition) is 2. The molecule has 0 aliphatic heterocycles. The number of nitrogen functional groups attached to an aromatic ring is 1. The highest BCUT2D eigenvalue weighted by molar-refractivity contribution is 7.92. The van der Waals surface area contributed by atoms with Crippen molar-refractivity contribution in [1.29, 1.82) is 0 Å². The molecule has 0 saturated heterocycles. The molecule has 3 N–H and O–H groups in total. The molecule has 3 rings (SSSR count). The molecule has 0 unspecified atom stereocenters. The number of carbonyl (C=O) groups is 1. The number of ether oxygens (including phenoxy) is 1. The summed E-state index contributed by atoms with van der Waals surface area (Å²) >= 11 is 0. The number of aromatic nitrogens is 2. The van der Waals surface area contributed by atoms with Crippen molar-refractivity contribution >= 4 is 38.4 Å². The molecule has 0 aliphatic carbocycles. The lowest BCUT2D eigenvalue weighted by Gasteiger charge is -2.10. The number of nitrogens with zero attached hydrogens (tertiary/aromatic N) is 2. The van der Waals surface area contributed by atoms with Gasteiger partial charge in [-0.25, -0.2) is 23.2 Å². The molecule has 8 nitrogen and oxygen atoms in total. The van der Waals surface area contributed by atoms with Gasteiger partial charge in [0.2, 0.25) is 10.0 Å². The molecule has 0 spiro atoms. The van der Waals surface area contributed by atoms with E-state index in [9.17, 15) is 13.2 Å². The van der Waals surface area contributed by atoms with E-state index in [1.165, 1.54) is 12.1 Å². The van der Waals surface area contributed by atoms with Crippen molar-refractivity contribution in [3.63, 3.8) is 0 Å². The Morgan fingerprint density at radius 1 is 1.12 bits per heavy atom. The third-order valence-electron chi connectivity index (χ3n) is 3.45. The van der Waals surface area contributed by atoms with Crippen LogP contribution in [-0.4, -0.2) is 30.6 Å². The van der Waals surface area contributed by atoms with Crippen LogP contribution in [0.25, 0.3) is 10.9 Å². The van der Waals surface area contributed by atoms with Gasteiger partial charge in [-0.1, -0.05) is 24.3 Å². The summed E-state index contributed by atoms with van der Waals surface area (Å²) in [5.74, 6) is -0.157. The summed E-state index contributed by atoms with van der Waals surface area (Å²) in [6, 6.07) is 13.4. The molecule has 0 atom stereocenters. The van der Waals surface area contributed by atoms with E-state index in [1.807, 2.05) is 12.1 Å². The maximum absolute atomic E-state index is 12.3. The van der Waals surface area contributed by atoms with Crippen molar-refractivity contribution in [3.05, 3.63) is 59.9 Å². The third-order valence-corrected chi connectivity index (χ3v) is 4.04. The molecule has 0 fully saturated rings. The first-order chi connectivity index (χ1) is 12.3. The van der Waals surface area contributed by atoms with Crippen molar-refractivity contribution in [2.45, 2.75) is 6.61 Å². The van der Waals surface area contributed by atoms with Gasteiger partial charge in [0.15, 0.2) is 12.4 Å². The van der Waals surface area contributed by atoms with Gasteiger partial charge in [-0.05, 0) is 24.3 Å². The van der Waals surface area contributed by atoms with Crippen LogP contribution in [0, 0.1) is 0 Å². The van der Waals surface area contributed by atoms with E-state index in [4.69, 9.17) is 10.5 Å². The number of anilines is 2. The van der Waals surface area contributed by atoms with Crippen molar-refractivity contribution in [3.8, 4) is 0 Å². The zero-order chi connectivity index (χ0) is 18.7. The van der Waals surface area contributed by atoms with Crippen LogP contribution in [0.5, 0.6) is 0 Å². The average molecular weight is 372 g/mol. The standard InChI is InChI=1S/C17H16N4O4S/c1-26(23,24)21-14-9-5-3-7-12(14)17(22)25-10-15-19-13-8-4-2-6-11(13)16(18)20-15/h2-9,21H,10H2,1H3,(H2,18,19,20).